The highest BCUT2D eigenvalue weighted by molar-refractivity contribution is 5.06. The summed E-state index contributed by atoms with van der Waals surface area (Å²) in [6.45, 7) is 0. The van der Waals surface area contributed by atoms with E-state index in [1.165, 1.54) is 0 Å². The Morgan fingerprint density at radius 3 is 2.00 bits per heavy atom. The van der Waals surface area contributed by atoms with Crippen LogP contribution in [0.3, 0.4) is 0 Å². The van der Waals surface area contributed by atoms with Crippen molar-refractivity contribution in [1.82, 2.24) is 0 Å². The second kappa shape index (κ2) is 6.66. The van der Waals surface area contributed by atoms with Crippen molar-refractivity contribution in [1.29, 1.82) is 0 Å². The quantitative estimate of drug-likeness (QED) is 0.473. The summed E-state index contributed by atoms with van der Waals surface area (Å²) in [7, 11) is 0. The van der Waals surface area contributed by atoms with Crippen molar-refractivity contribution in [3.63, 3.8) is 0 Å². The molecule has 0 aromatic rings. The third kappa shape index (κ3) is 4.73. The summed E-state index contributed by atoms with van der Waals surface area (Å²) < 4.78 is 0. The first-order chi connectivity index (χ1) is 6.00. The first-order valence-electron chi connectivity index (χ1n) is 4.62. The Labute approximate surface area is 75.0 Å². The lowest BCUT2D eigenvalue weighted by Crippen LogP contribution is -1.67. The summed E-state index contributed by atoms with van der Waals surface area (Å²) in [6.07, 6.45) is 22.0. The number of hydrogen-bond acceptors (Lipinski definition) is 0. The highest BCUT2D eigenvalue weighted by Crippen LogP contribution is 1.98. The lowest BCUT2D eigenvalue weighted by Gasteiger charge is -1.88. The number of rotatable bonds is 0. The van der Waals surface area contributed by atoms with Gasteiger partial charge in [0, 0.05) is 0 Å². The summed E-state index contributed by atoms with van der Waals surface area (Å²) in [6, 6.07) is 0. The van der Waals surface area contributed by atoms with E-state index in [2.05, 4.69) is 48.6 Å². The molecule has 0 saturated carbocycles. The summed E-state index contributed by atoms with van der Waals surface area (Å²) in [5.74, 6) is 0. The van der Waals surface area contributed by atoms with Crippen LogP contribution < -0.4 is 0 Å². The zero-order valence-corrected chi connectivity index (χ0v) is 7.45. The molecule has 0 aliphatic heterocycles. The van der Waals surface area contributed by atoms with E-state index in [4.69, 9.17) is 0 Å². The fourth-order valence-electron chi connectivity index (χ4n) is 1.09. The van der Waals surface area contributed by atoms with Gasteiger partial charge in [0.2, 0.25) is 0 Å². The second-order valence-electron chi connectivity index (χ2n) is 2.85. The zero-order valence-electron chi connectivity index (χ0n) is 7.45. The third-order valence-electron chi connectivity index (χ3n) is 1.76. The molecule has 0 radical (unpaired) electrons. The van der Waals surface area contributed by atoms with E-state index in [-0.39, 0.29) is 0 Å². The normalized spacial score (nSPS) is 26.7. The van der Waals surface area contributed by atoms with Crippen LogP contribution in [0.4, 0.5) is 0 Å². The topological polar surface area (TPSA) is 0 Å². The van der Waals surface area contributed by atoms with Crippen LogP contribution in [0.25, 0.3) is 0 Å². The van der Waals surface area contributed by atoms with Gasteiger partial charge in [-0.1, -0.05) is 48.6 Å². The molecule has 0 aromatic heterocycles. The molecule has 0 heteroatoms. The summed E-state index contributed by atoms with van der Waals surface area (Å²) in [5, 5.41) is 0. The number of allylic oxidation sites excluding steroid dienone is 8. The fraction of sp³-hybridized carbons (Fsp3) is 0.333. The fourth-order valence-corrected chi connectivity index (χ4v) is 1.09. The van der Waals surface area contributed by atoms with Gasteiger partial charge in [-0.2, -0.15) is 0 Å². The molecule has 12 heavy (non-hydrogen) atoms. The zero-order chi connectivity index (χ0) is 8.49. The van der Waals surface area contributed by atoms with E-state index >= 15 is 0 Å². The molecule has 0 unspecified atom stereocenters. The Bertz CT molecular complexity index is 204. The van der Waals surface area contributed by atoms with Crippen molar-refractivity contribution in [2.45, 2.75) is 25.7 Å². The average Bonchev–Trinajstić information content (AvgIpc) is 2.05. The van der Waals surface area contributed by atoms with Crippen LogP contribution in [0.5, 0.6) is 0 Å². The van der Waals surface area contributed by atoms with Gasteiger partial charge in [-0.05, 0) is 25.7 Å². The Kier molecular flexibility index (Phi) is 5.02. The smallest absolute Gasteiger partial charge is 0.0166 e. The van der Waals surface area contributed by atoms with E-state index in [0.717, 1.165) is 25.7 Å². The first-order valence-corrected chi connectivity index (χ1v) is 4.62. The monoisotopic (exact) mass is 160 g/mol. The molecule has 1 rings (SSSR count). The van der Waals surface area contributed by atoms with Gasteiger partial charge in [-0.3, -0.25) is 0 Å². The molecule has 0 bridgehead atoms. The van der Waals surface area contributed by atoms with Gasteiger partial charge in [-0.25, -0.2) is 0 Å². The van der Waals surface area contributed by atoms with E-state index < -0.39 is 0 Å². The molecule has 0 nitrogen and oxygen atoms in total. The maximum atomic E-state index is 2.25. The maximum absolute atomic E-state index is 2.25. The minimum atomic E-state index is 1.05. The van der Waals surface area contributed by atoms with Crippen LogP contribution in [0, 0.1) is 0 Å². The molecule has 0 spiro atoms. The molecule has 0 heterocycles. The Hall–Kier alpha value is -1.04. The Morgan fingerprint density at radius 2 is 1.08 bits per heavy atom. The molecule has 1 aliphatic rings. The van der Waals surface area contributed by atoms with Gasteiger partial charge in [0.15, 0.2) is 0 Å². The van der Waals surface area contributed by atoms with Crippen molar-refractivity contribution in [3.8, 4) is 0 Å². The van der Waals surface area contributed by atoms with Gasteiger partial charge in [0.05, 0.1) is 0 Å². The molecule has 0 fully saturated rings. The Balaban J connectivity index is 2.41. The van der Waals surface area contributed by atoms with Crippen LogP contribution in [0.15, 0.2) is 48.6 Å². The highest BCUT2D eigenvalue weighted by atomic mass is 13.8. The van der Waals surface area contributed by atoms with Gasteiger partial charge < -0.3 is 0 Å². The summed E-state index contributed by atoms with van der Waals surface area (Å²) in [4.78, 5) is 0. The predicted octanol–water partition coefficient (Wildman–Crippen LogP) is 3.79. The van der Waals surface area contributed by atoms with Gasteiger partial charge in [0.1, 0.15) is 0 Å². The molecule has 0 saturated heterocycles. The molecular weight excluding hydrogens is 144 g/mol. The van der Waals surface area contributed by atoms with Crippen LogP contribution in [0.1, 0.15) is 25.7 Å². The molecule has 0 N–H and O–H groups in total. The van der Waals surface area contributed by atoms with Crippen LogP contribution in [-0.2, 0) is 0 Å². The second-order valence-corrected chi connectivity index (χ2v) is 2.85. The minimum absolute atomic E-state index is 1.05. The molecule has 0 aromatic carbocycles. The van der Waals surface area contributed by atoms with Crippen molar-refractivity contribution in [2.75, 3.05) is 0 Å². The molecule has 0 amide bonds. The molecular formula is C12H16. The van der Waals surface area contributed by atoms with Gasteiger partial charge >= 0.3 is 0 Å². The minimum Gasteiger partial charge on any atom is -0.0879 e. The standard InChI is InChI=1S/C12H16/c1-2-4-6-8-10-12-11-9-7-5-3-1/h1-4,7,9-10,12H,5-6,8,11H2/b3-1?,4-2+,9-7-,12-10+. The summed E-state index contributed by atoms with van der Waals surface area (Å²) >= 11 is 0. The lowest BCUT2D eigenvalue weighted by atomic mass is 10.2. The van der Waals surface area contributed by atoms with Crippen LogP contribution >= 0.6 is 0 Å². The van der Waals surface area contributed by atoms with E-state index in [1.807, 2.05) is 0 Å². The van der Waals surface area contributed by atoms with Gasteiger partial charge in [-0.15, -0.1) is 0 Å². The highest BCUT2D eigenvalue weighted by Gasteiger charge is 1.77. The lowest BCUT2D eigenvalue weighted by molar-refractivity contribution is 1.04. The molecule has 0 atom stereocenters. The first kappa shape index (κ1) is 9.05. The Morgan fingerprint density at radius 1 is 0.500 bits per heavy atom. The van der Waals surface area contributed by atoms with Gasteiger partial charge in [0.25, 0.3) is 0 Å². The largest absolute Gasteiger partial charge is 0.0879 e. The van der Waals surface area contributed by atoms with E-state index in [1.54, 1.807) is 0 Å². The van der Waals surface area contributed by atoms with E-state index in [9.17, 15) is 0 Å². The van der Waals surface area contributed by atoms with Crippen LogP contribution in [0.2, 0.25) is 0 Å². The number of hydrogen-bond donors (Lipinski definition) is 0. The summed E-state index contributed by atoms with van der Waals surface area (Å²) in [5.41, 5.74) is 0. The SMILES string of the molecule is C1=CC/C=C\C/C=C/CC/C=C/1. The molecule has 1 aliphatic carbocycles. The van der Waals surface area contributed by atoms with E-state index in [0.29, 0.717) is 0 Å². The van der Waals surface area contributed by atoms with Crippen molar-refractivity contribution >= 4 is 0 Å². The maximum Gasteiger partial charge on any atom is -0.0166 e. The predicted molar refractivity (Wildman–Crippen MR) is 55.0 cm³/mol. The molecule has 64 valence electrons. The van der Waals surface area contributed by atoms with Crippen molar-refractivity contribution in [2.24, 2.45) is 0 Å². The average molecular weight is 160 g/mol. The van der Waals surface area contributed by atoms with Crippen molar-refractivity contribution in [3.05, 3.63) is 48.6 Å². The van der Waals surface area contributed by atoms with Crippen molar-refractivity contribution < 1.29 is 0 Å². The third-order valence-corrected chi connectivity index (χ3v) is 1.76. The van der Waals surface area contributed by atoms with Crippen LogP contribution in [-0.4, -0.2) is 0 Å².